The van der Waals surface area contributed by atoms with Crippen LogP contribution in [-0.2, 0) is 41.9 Å². The van der Waals surface area contributed by atoms with E-state index >= 15 is 0 Å². The Balaban J connectivity index is 3.19. The van der Waals surface area contributed by atoms with Gasteiger partial charge in [0.15, 0.2) is 12.2 Å². The van der Waals surface area contributed by atoms with Gasteiger partial charge in [0.25, 0.3) is 0 Å². The van der Waals surface area contributed by atoms with E-state index in [1.807, 2.05) is 20.8 Å². The highest BCUT2D eigenvalue weighted by molar-refractivity contribution is 7.99. The van der Waals surface area contributed by atoms with E-state index in [2.05, 4.69) is 10.0 Å². The van der Waals surface area contributed by atoms with Crippen LogP contribution in [-0.4, -0.2) is 67.3 Å². The number of phosphoric acid groups is 1. The van der Waals surface area contributed by atoms with Gasteiger partial charge in [-0.25, -0.2) is 4.57 Å². The molecule has 1 aliphatic heterocycles. The zero-order chi connectivity index (χ0) is 25.6. The molecule has 1 rings (SSSR count). The van der Waals surface area contributed by atoms with E-state index < -0.39 is 49.6 Å². The number of unbranched alkanes of at least 4 members (excludes halogenated alkanes) is 2. The maximum Gasteiger partial charge on any atom is 0.474 e. The van der Waals surface area contributed by atoms with E-state index in [4.69, 9.17) is 33.3 Å². The van der Waals surface area contributed by atoms with E-state index in [9.17, 15) is 14.2 Å². The minimum absolute atomic E-state index is 0.183. The topological polar surface area (TPSA) is 155 Å². The molecule has 0 spiro atoms. The van der Waals surface area contributed by atoms with Crippen molar-refractivity contribution in [1.82, 2.24) is 0 Å². The summed E-state index contributed by atoms with van der Waals surface area (Å²) < 4.78 is 46.5. The molecule has 1 heterocycles. The van der Waals surface area contributed by atoms with Crippen LogP contribution in [0.4, 0.5) is 0 Å². The smallest absolute Gasteiger partial charge is 0.458 e. The summed E-state index contributed by atoms with van der Waals surface area (Å²) in [5.41, 5.74) is 8.33. The highest BCUT2D eigenvalue weighted by atomic mass is 32.2. The van der Waals surface area contributed by atoms with Crippen molar-refractivity contribution in [2.75, 3.05) is 25.6 Å². The van der Waals surface area contributed by atoms with Crippen molar-refractivity contribution in [3.05, 3.63) is 10.4 Å². The lowest BCUT2D eigenvalue weighted by molar-refractivity contribution is -0.205. The van der Waals surface area contributed by atoms with Crippen LogP contribution < -0.4 is 0 Å². The minimum Gasteiger partial charge on any atom is -0.458 e. The van der Waals surface area contributed by atoms with E-state index in [1.54, 1.807) is 0 Å². The summed E-state index contributed by atoms with van der Waals surface area (Å²) in [6.45, 7) is 8.21. The van der Waals surface area contributed by atoms with Gasteiger partial charge in [0.1, 0.15) is 17.6 Å². The molecule has 12 nitrogen and oxygen atoms in total. The minimum atomic E-state index is -3.93. The molecule has 2 unspecified atom stereocenters. The molecule has 1 saturated heterocycles. The first kappa shape index (κ1) is 30.7. The van der Waals surface area contributed by atoms with Crippen molar-refractivity contribution in [1.29, 1.82) is 0 Å². The highest BCUT2D eigenvalue weighted by Crippen LogP contribution is 2.50. The molecule has 1 fully saturated rings. The third kappa shape index (κ3) is 10.5. The van der Waals surface area contributed by atoms with Crippen LogP contribution in [0.3, 0.4) is 0 Å². The van der Waals surface area contributed by atoms with Gasteiger partial charge in [-0.15, -0.1) is 11.8 Å². The number of hydrogen-bond acceptors (Lipinski definition) is 11. The number of azide groups is 1. The van der Waals surface area contributed by atoms with Crippen molar-refractivity contribution in [3.63, 3.8) is 0 Å². The van der Waals surface area contributed by atoms with E-state index in [-0.39, 0.29) is 19.8 Å². The average molecular weight is 526 g/mol. The number of phosphoric ester groups is 1. The van der Waals surface area contributed by atoms with Crippen LogP contribution in [0.5, 0.6) is 0 Å². The van der Waals surface area contributed by atoms with Gasteiger partial charge in [-0.2, -0.15) is 0 Å². The largest absolute Gasteiger partial charge is 0.474 e. The molecular weight excluding hydrogens is 489 g/mol. The number of ether oxygens (including phenoxy) is 3. The number of nitrogens with zero attached hydrogens (tertiary/aromatic N) is 3. The van der Waals surface area contributed by atoms with Crippen molar-refractivity contribution in [2.24, 2.45) is 5.11 Å². The quantitative estimate of drug-likeness (QED) is 0.0687. The molecule has 0 radical (unpaired) electrons. The Hall–Kier alpha value is -1.33. The molecule has 0 N–H and O–H groups in total. The van der Waals surface area contributed by atoms with Crippen molar-refractivity contribution >= 4 is 31.5 Å². The average Bonchev–Trinajstić information content (AvgIpc) is 2.76. The number of esters is 2. The van der Waals surface area contributed by atoms with Gasteiger partial charge in [-0.05, 0) is 24.1 Å². The highest BCUT2D eigenvalue weighted by Gasteiger charge is 2.50. The standard InChI is InChI=1S/C20H36N3O9PS/c1-6-9-11-27-33(26,28-12-10-7-2)29-13-16-18(30-14(4)24)19(31-15(5)25)17(22-23-21)20(32-16)34-8-3/h16-20H,6-13H2,1-5H3/t16?,17?,18-,19+,20-/m0/s1. The van der Waals surface area contributed by atoms with E-state index in [0.717, 1.165) is 12.8 Å². The summed E-state index contributed by atoms with van der Waals surface area (Å²) in [7, 11) is -3.93. The second-order valence-corrected chi connectivity index (χ2v) is 10.5. The number of thioether (sulfide) groups is 1. The molecule has 0 aromatic rings. The Bertz CT molecular complexity index is 724. The number of carbonyl (C=O) groups excluding carboxylic acids is 2. The van der Waals surface area contributed by atoms with Crippen molar-refractivity contribution in [3.8, 4) is 0 Å². The maximum absolute atomic E-state index is 13.2. The van der Waals surface area contributed by atoms with E-state index in [0.29, 0.717) is 18.6 Å². The summed E-state index contributed by atoms with van der Waals surface area (Å²) in [5.74, 6) is -0.725. The van der Waals surface area contributed by atoms with Crippen molar-refractivity contribution in [2.45, 2.75) is 90.1 Å². The molecule has 0 amide bonds. The Morgan fingerprint density at radius 1 is 1.00 bits per heavy atom. The van der Waals surface area contributed by atoms with Gasteiger partial charge in [0, 0.05) is 18.8 Å². The van der Waals surface area contributed by atoms with Crippen molar-refractivity contribution < 1.29 is 41.9 Å². The van der Waals surface area contributed by atoms with Crippen LogP contribution in [0, 0.1) is 0 Å². The maximum atomic E-state index is 13.2. The van der Waals surface area contributed by atoms with Gasteiger partial charge < -0.3 is 14.2 Å². The first-order valence-electron chi connectivity index (χ1n) is 11.4. The fourth-order valence-corrected chi connectivity index (χ4v) is 5.30. The summed E-state index contributed by atoms with van der Waals surface area (Å²) in [4.78, 5) is 26.5. The van der Waals surface area contributed by atoms with Gasteiger partial charge in [-0.1, -0.05) is 38.7 Å². The zero-order valence-electron chi connectivity index (χ0n) is 20.4. The van der Waals surface area contributed by atoms with Gasteiger partial charge in [0.05, 0.1) is 19.8 Å². The lowest BCUT2D eigenvalue weighted by Crippen LogP contribution is -2.59. The molecule has 34 heavy (non-hydrogen) atoms. The second-order valence-electron chi connectivity index (χ2n) is 7.46. The molecular formula is C20H36N3O9PS. The molecule has 0 aromatic carbocycles. The summed E-state index contributed by atoms with van der Waals surface area (Å²) in [6, 6.07) is -0.965. The van der Waals surface area contributed by atoms with Crippen LogP contribution >= 0.6 is 19.6 Å². The van der Waals surface area contributed by atoms with Crippen LogP contribution in [0.25, 0.3) is 10.4 Å². The summed E-state index contributed by atoms with van der Waals surface area (Å²) in [6.07, 6.45) is -0.321. The Kier molecular flexibility index (Phi) is 14.8. The molecule has 1 aliphatic rings. The molecule has 5 atom stereocenters. The fourth-order valence-electron chi connectivity index (χ4n) is 3.09. The van der Waals surface area contributed by atoms with Gasteiger partial charge in [0.2, 0.25) is 0 Å². The Labute approximate surface area is 204 Å². The monoisotopic (exact) mass is 525 g/mol. The number of hydrogen-bond donors (Lipinski definition) is 0. The van der Waals surface area contributed by atoms with E-state index in [1.165, 1.54) is 25.6 Å². The fraction of sp³-hybridized carbons (Fsp3) is 0.900. The first-order chi connectivity index (χ1) is 16.2. The number of rotatable bonds is 16. The SMILES string of the molecule is CCCCOP(=O)(OCCCC)OCC1O[C@@H](SCC)C(N=[N+]=[N-])[C@@H](OC(C)=O)[C@H]1OC(C)=O. The predicted molar refractivity (Wildman–Crippen MR) is 126 cm³/mol. The van der Waals surface area contributed by atoms with Gasteiger partial charge >= 0.3 is 19.8 Å². The predicted octanol–water partition coefficient (Wildman–Crippen LogP) is 4.76. The molecule has 0 aromatic heterocycles. The zero-order valence-corrected chi connectivity index (χ0v) is 22.1. The van der Waals surface area contributed by atoms with Crippen LogP contribution in [0.1, 0.15) is 60.3 Å². The lowest BCUT2D eigenvalue weighted by atomic mass is 9.98. The summed E-state index contributed by atoms with van der Waals surface area (Å²) >= 11 is 1.32. The van der Waals surface area contributed by atoms with Crippen LogP contribution in [0.15, 0.2) is 5.11 Å². The Morgan fingerprint density at radius 3 is 2.03 bits per heavy atom. The molecule has 196 valence electrons. The lowest BCUT2D eigenvalue weighted by Gasteiger charge is -2.43. The number of carbonyl (C=O) groups is 2. The Morgan fingerprint density at radius 2 is 1.56 bits per heavy atom. The molecule has 0 saturated carbocycles. The molecule has 0 bridgehead atoms. The normalized spacial score (nSPS) is 24.8. The third-order valence-electron chi connectivity index (χ3n) is 4.63. The van der Waals surface area contributed by atoms with Gasteiger partial charge in [-0.3, -0.25) is 23.2 Å². The van der Waals surface area contributed by atoms with Crippen LogP contribution in [0.2, 0.25) is 0 Å². The third-order valence-corrected chi connectivity index (χ3v) is 7.14. The second kappa shape index (κ2) is 16.4. The molecule has 14 heteroatoms. The summed E-state index contributed by atoms with van der Waals surface area (Å²) in [5, 5.41) is 3.74. The first-order valence-corrected chi connectivity index (χ1v) is 13.9. The molecule has 0 aliphatic carbocycles.